The van der Waals surface area contributed by atoms with E-state index in [2.05, 4.69) is 31.5 Å². The first-order chi connectivity index (χ1) is 28.2. The summed E-state index contributed by atoms with van der Waals surface area (Å²) in [6.07, 6.45) is 0.725. The number of carbonyl (C=O) groups is 5. The summed E-state index contributed by atoms with van der Waals surface area (Å²) in [6.45, 7) is 15.2. The molecule has 59 heavy (non-hydrogen) atoms. The number of anilines is 1. The summed E-state index contributed by atoms with van der Waals surface area (Å²) in [7, 11) is 0. The molecule has 2 heterocycles. The van der Waals surface area contributed by atoms with Gasteiger partial charge in [-0.15, -0.1) is 0 Å². The smallest absolute Gasteiger partial charge is 0.410 e. The van der Waals surface area contributed by atoms with Crippen molar-refractivity contribution in [2.75, 3.05) is 37.7 Å². The Morgan fingerprint density at radius 3 is 1.86 bits per heavy atom. The Bertz CT molecular complexity index is 1880. The van der Waals surface area contributed by atoms with Crippen LogP contribution in [-0.4, -0.2) is 92.2 Å². The van der Waals surface area contributed by atoms with Crippen LogP contribution in [0.25, 0.3) is 0 Å². The zero-order chi connectivity index (χ0) is 42.5. The SMILES string of the molecule is Cc1cc(N2CCNCC2)ccc1OC(=O)N[C@@H](CCc1ccccc1)C(=O)N[C@@H](CC(C)C)C(=O)N[C@@H](Cc1ccccc1)C(=O)N[C@@H](CC(C)C)C(=O)C1(C)CO1. The molecule has 0 bridgehead atoms. The van der Waals surface area contributed by atoms with Crippen LogP contribution in [0.1, 0.15) is 70.6 Å². The fourth-order valence-corrected chi connectivity index (χ4v) is 7.26. The number of hydrogen-bond donors (Lipinski definition) is 5. The summed E-state index contributed by atoms with van der Waals surface area (Å²) in [5.41, 5.74) is 2.66. The van der Waals surface area contributed by atoms with Gasteiger partial charge in [0.05, 0.1) is 12.6 Å². The van der Waals surface area contributed by atoms with Crippen LogP contribution in [0, 0.1) is 18.8 Å². The second-order valence-corrected chi connectivity index (χ2v) is 16.8. The highest BCUT2D eigenvalue weighted by Gasteiger charge is 2.50. The molecule has 13 nitrogen and oxygen atoms in total. The average Bonchev–Trinajstić information content (AvgIpc) is 3.97. The number of epoxide rings is 1. The number of amides is 4. The van der Waals surface area contributed by atoms with Gasteiger partial charge in [-0.1, -0.05) is 88.4 Å². The van der Waals surface area contributed by atoms with Gasteiger partial charge in [0.15, 0.2) is 5.78 Å². The van der Waals surface area contributed by atoms with Gasteiger partial charge in [-0.3, -0.25) is 19.2 Å². The van der Waals surface area contributed by atoms with Crippen LogP contribution in [0.3, 0.4) is 0 Å². The van der Waals surface area contributed by atoms with E-state index in [0.29, 0.717) is 25.2 Å². The van der Waals surface area contributed by atoms with Crippen molar-refractivity contribution in [1.82, 2.24) is 26.6 Å². The summed E-state index contributed by atoms with van der Waals surface area (Å²) in [6, 6.07) is 20.6. The maximum atomic E-state index is 14.2. The van der Waals surface area contributed by atoms with Crippen molar-refractivity contribution < 1.29 is 33.4 Å². The second-order valence-electron chi connectivity index (χ2n) is 16.8. The molecule has 0 aliphatic carbocycles. The molecule has 2 saturated heterocycles. The molecule has 1 unspecified atom stereocenters. The number of ketones is 1. The molecule has 2 fully saturated rings. The van der Waals surface area contributed by atoms with E-state index in [-0.39, 0.29) is 36.9 Å². The third-order valence-electron chi connectivity index (χ3n) is 10.7. The molecule has 0 radical (unpaired) electrons. The predicted molar refractivity (Wildman–Crippen MR) is 228 cm³/mol. The van der Waals surface area contributed by atoms with Crippen LogP contribution in [0.2, 0.25) is 0 Å². The van der Waals surface area contributed by atoms with Crippen molar-refractivity contribution in [2.24, 2.45) is 11.8 Å². The molecule has 318 valence electrons. The van der Waals surface area contributed by atoms with E-state index in [4.69, 9.17) is 9.47 Å². The molecular weight excluding hydrogens is 749 g/mol. The van der Waals surface area contributed by atoms with E-state index in [1.807, 2.05) is 107 Å². The zero-order valence-electron chi connectivity index (χ0n) is 35.3. The quantitative estimate of drug-likeness (QED) is 0.102. The zero-order valence-corrected chi connectivity index (χ0v) is 35.3. The van der Waals surface area contributed by atoms with Gasteiger partial charge in [0.1, 0.15) is 29.5 Å². The van der Waals surface area contributed by atoms with Crippen LogP contribution >= 0.6 is 0 Å². The van der Waals surface area contributed by atoms with Gasteiger partial charge in [0.25, 0.3) is 0 Å². The molecule has 2 aliphatic rings. The Balaban J connectivity index is 1.32. The molecule has 5 N–H and O–H groups in total. The van der Waals surface area contributed by atoms with Crippen molar-refractivity contribution >= 4 is 35.3 Å². The number of ether oxygens (including phenoxy) is 2. The summed E-state index contributed by atoms with van der Waals surface area (Å²) in [5, 5.41) is 14.8. The summed E-state index contributed by atoms with van der Waals surface area (Å²) < 4.78 is 11.2. The van der Waals surface area contributed by atoms with Gasteiger partial charge in [-0.25, -0.2) is 4.79 Å². The molecule has 2 aliphatic heterocycles. The van der Waals surface area contributed by atoms with Gasteiger partial charge in [0.2, 0.25) is 17.7 Å². The number of nitrogens with zero attached hydrogens (tertiary/aromatic N) is 1. The van der Waals surface area contributed by atoms with Crippen LogP contribution in [-0.2, 0) is 36.8 Å². The third-order valence-corrected chi connectivity index (χ3v) is 10.7. The maximum Gasteiger partial charge on any atom is 0.413 e. The minimum absolute atomic E-state index is 0.0207. The van der Waals surface area contributed by atoms with E-state index >= 15 is 0 Å². The number of piperazine rings is 1. The van der Waals surface area contributed by atoms with Crippen molar-refractivity contribution in [2.45, 2.75) is 103 Å². The molecule has 0 aromatic heterocycles. The van der Waals surface area contributed by atoms with Crippen molar-refractivity contribution in [1.29, 1.82) is 0 Å². The minimum Gasteiger partial charge on any atom is -0.410 e. The topological polar surface area (TPSA) is 170 Å². The molecule has 0 saturated carbocycles. The fourth-order valence-electron chi connectivity index (χ4n) is 7.26. The Morgan fingerprint density at radius 2 is 1.27 bits per heavy atom. The third kappa shape index (κ3) is 13.6. The normalized spacial score (nSPS) is 18.3. The van der Waals surface area contributed by atoms with Gasteiger partial charge in [-0.2, -0.15) is 0 Å². The number of hydrogen-bond acceptors (Lipinski definition) is 9. The van der Waals surface area contributed by atoms with E-state index in [1.165, 1.54) is 0 Å². The summed E-state index contributed by atoms with van der Waals surface area (Å²) >= 11 is 0. The van der Waals surface area contributed by atoms with Gasteiger partial charge >= 0.3 is 6.09 Å². The highest BCUT2D eigenvalue weighted by Crippen LogP contribution is 2.30. The Morgan fingerprint density at radius 1 is 0.729 bits per heavy atom. The standard InChI is InChI=1S/C46H62N6O7/c1-30(2)25-37(41(53)46(6)29-58-46)48-44(56)39(28-34-15-11-8-12-16-34)50-43(55)38(26-31(3)4)49-42(54)36(19-17-33-13-9-7-10-14-33)51-45(57)59-40-20-18-35(27-32(40)5)52-23-21-47-22-24-52/h7-16,18,20,27,30-31,36-39,47H,17,19,21-26,28-29H2,1-6H3,(H,48,56)(H,49,54)(H,50,55)(H,51,57)/t36-,37-,38-,39-,46?/m0/s1. The van der Waals surface area contributed by atoms with E-state index in [1.54, 1.807) is 13.0 Å². The first kappa shape index (κ1) is 44.8. The largest absolute Gasteiger partial charge is 0.413 e. The molecule has 0 spiro atoms. The molecule has 4 amide bonds. The van der Waals surface area contributed by atoms with Crippen molar-refractivity contribution in [3.05, 3.63) is 95.6 Å². The minimum atomic E-state index is -1.06. The summed E-state index contributed by atoms with van der Waals surface area (Å²) in [4.78, 5) is 71.6. The van der Waals surface area contributed by atoms with Crippen LogP contribution in [0.15, 0.2) is 78.9 Å². The number of rotatable bonds is 20. The highest BCUT2D eigenvalue weighted by atomic mass is 16.6. The molecule has 5 atom stereocenters. The van der Waals surface area contributed by atoms with E-state index in [0.717, 1.165) is 48.6 Å². The average molecular weight is 811 g/mol. The Hall–Kier alpha value is -5.27. The Kier molecular flexibility index (Phi) is 16.0. The molecule has 3 aromatic carbocycles. The lowest BCUT2D eigenvalue weighted by molar-refractivity contribution is -0.134. The number of aryl methyl sites for hydroxylation is 2. The number of benzene rings is 3. The van der Waals surface area contributed by atoms with Gasteiger partial charge in [0, 0.05) is 38.3 Å². The predicted octanol–water partition coefficient (Wildman–Crippen LogP) is 4.64. The van der Waals surface area contributed by atoms with Crippen molar-refractivity contribution in [3.8, 4) is 5.75 Å². The second kappa shape index (κ2) is 21.1. The molecule has 3 aromatic rings. The first-order valence-corrected chi connectivity index (χ1v) is 20.9. The van der Waals surface area contributed by atoms with Crippen LogP contribution in [0.4, 0.5) is 10.5 Å². The fraction of sp³-hybridized carbons (Fsp3) is 0.500. The molecule has 5 rings (SSSR count). The Labute approximate surface area is 348 Å². The lowest BCUT2D eigenvalue weighted by Gasteiger charge is -2.30. The number of nitrogens with one attached hydrogen (secondary N) is 5. The maximum absolute atomic E-state index is 14.2. The van der Waals surface area contributed by atoms with Gasteiger partial charge in [-0.05, 0) is 86.3 Å². The van der Waals surface area contributed by atoms with E-state index in [9.17, 15) is 24.0 Å². The summed E-state index contributed by atoms with van der Waals surface area (Å²) in [5.74, 6) is -1.38. The van der Waals surface area contributed by atoms with Crippen molar-refractivity contribution in [3.63, 3.8) is 0 Å². The lowest BCUT2D eigenvalue weighted by Crippen LogP contribution is -2.59. The van der Waals surface area contributed by atoms with Crippen LogP contribution < -0.4 is 36.2 Å². The lowest BCUT2D eigenvalue weighted by atomic mass is 9.93. The monoisotopic (exact) mass is 810 g/mol. The van der Waals surface area contributed by atoms with Gasteiger partial charge < -0.3 is 41.0 Å². The highest BCUT2D eigenvalue weighted by molar-refractivity contribution is 5.98. The first-order valence-electron chi connectivity index (χ1n) is 20.9. The van der Waals surface area contributed by atoms with Crippen LogP contribution in [0.5, 0.6) is 5.75 Å². The van der Waals surface area contributed by atoms with E-state index < -0.39 is 53.6 Å². The number of carbonyl (C=O) groups excluding carboxylic acids is 5. The number of Topliss-reactive ketones (excluding diaryl/α,β-unsaturated/α-hetero) is 1. The molecule has 13 heteroatoms. The molecular formula is C46H62N6O7.